The molecule has 0 unspecified atom stereocenters. The van der Waals surface area contributed by atoms with Gasteiger partial charge in [-0.05, 0) is 25.1 Å². The molecule has 0 saturated carbocycles. The number of nitrogens with two attached hydrogens (primary N) is 1. The normalized spacial score (nSPS) is 10.2. The van der Waals surface area contributed by atoms with Gasteiger partial charge in [0, 0.05) is 12.6 Å². The Kier molecular flexibility index (Phi) is 3.79. The second-order valence-corrected chi connectivity index (χ2v) is 4.16. The Morgan fingerprint density at radius 2 is 2.05 bits per heavy atom. The second-order valence-electron chi connectivity index (χ2n) is 4.16. The van der Waals surface area contributed by atoms with E-state index in [4.69, 9.17) is 10.5 Å². The molecule has 1 amide bonds. The highest BCUT2D eigenvalue weighted by Gasteiger charge is 2.12. The number of anilines is 2. The zero-order chi connectivity index (χ0) is 14.7. The molecule has 1 aromatic heterocycles. The van der Waals surface area contributed by atoms with Gasteiger partial charge in [0.1, 0.15) is 11.6 Å². The molecule has 1 aromatic carbocycles. The van der Waals surface area contributed by atoms with Crippen LogP contribution in [-0.2, 0) is 4.79 Å². The number of hydrogen-bond acceptors (Lipinski definition) is 6. The van der Waals surface area contributed by atoms with Gasteiger partial charge in [-0.15, -0.1) is 0 Å². The zero-order valence-corrected chi connectivity index (χ0v) is 11.5. The van der Waals surface area contributed by atoms with E-state index in [1.807, 2.05) is 0 Å². The number of nitrogen functional groups attached to an aromatic ring is 1. The lowest BCUT2D eigenvalue weighted by Gasteiger charge is -2.10. The quantitative estimate of drug-likeness (QED) is 0.876. The SMILES string of the molecule is COc1ccc(NC(C)=O)cc1-c1nc(C)nc(N)n1. The predicted octanol–water partition coefficient (Wildman–Crippen LogP) is 1.40. The van der Waals surface area contributed by atoms with Crippen LogP contribution in [0.25, 0.3) is 11.4 Å². The third kappa shape index (κ3) is 3.00. The van der Waals surface area contributed by atoms with Gasteiger partial charge in [0.05, 0.1) is 12.7 Å². The summed E-state index contributed by atoms with van der Waals surface area (Å²) in [6.45, 7) is 3.17. The van der Waals surface area contributed by atoms with Crippen LogP contribution in [0.5, 0.6) is 5.75 Å². The van der Waals surface area contributed by atoms with Crippen LogP contribution in [0.3, 0.4) is 0 Å². The number of methoxy groups -OCH3 is 1. The van der Waals surface area contributed by atoms with Crippen molar-refractivity contribution in [2.45, 2.75) is 13.8 Å². The van der Waals surface area contributed by atoms with Crippen molar-refractivity contribution in [1.29, 1.82) is 0 Å². The summed E-state index contributed by atoms with van der Waals surface area (Å²) in [6, 6.07) is 5.20. The molecule has 2 rings (SSSR count). The van der Waals surface area contributed by atoms with Gasteiger partial charge in [0.2, 0.25) is 11.9 Å². The van der Waals surface area contributed by atoms with E-state index in [0.29, 0.717) is 28.6 Å². The van der Waals surface area contributed by atoms with Crippen LogP contribution < -0.4 is 15.8 Å². The van der Waals surface area contributed by atoms with Crippen molar-refractivity contribution in [2.24, 2.45) is 0 Å². The Hall–Kier alpha value is -2.70. The van der Waals surface area contributed by atoms with Gasteiger partial charge < -0.3 is 15.8 Å². The highest BCUT2D eigenvalue weighted by Crippen LogP contribution is 2.30. The summed E-state index contributed by atoms with van der Waals surface area (Å²) in [6.07, 6.45) is 0. The number of carbonyl (C=O) groups excluding carboxylic acids is 1. The standard InChI is InChI=1S/C13H15N5O2/c1-7-15-12(18-13(14)16-7)10-6-9(17-8(2)19)4-5-11(10)20-3/h4-6H,1-3H3,(H,17,19)(H2,14,15,16,18). The van der Waals surface area contributed by atoms with Gasteiger partial charge >= 0.3 is 0 Å². The first-order chi connectivity index (χ1) is 9.49. The average Bonchev–Trinajstić information content (AvgIpc) is 2.36. The van der Waals surface area contributed by atoms with Crippen LogP contribution >= 0.6 is 0 Å². The molecule has 0 radical (unpaired) electrons. The molecule has 0 bridgehead atoms. The molecule has 0 aliphatic heterocycles. The predicted molar refractivity (Wildman–Crippen MR) is 75.3 cm³/mol. The molecule has 20 heavy (non-hydrogen) atoms. The van der Waals surface area contributed by atoms with E-state index in [-0.39, 0.29) is 11.9 Å². The number of nitrogens with zero attached hydrogens (tertiary/aromatic N) is 3. The summed E-state index contributed by atoms with van der Waals surface area (Å²) in [5.41, 5.74) is 6.90. The molecule has 7 nitrogen and oxygen atoms in total. The number of carbonyl (C=O) groups is 1. The fourth-order valence-electron chi connectivity index (χ4n) is 1.79. The molecule has 0 atom stereocenters. The van der Waals surface area contributed by atoms with Gasteiger partial charge in [0.15, 0.2) is 5.82 Å². The largest absolute Gasteiger partial charge is 0.496 e. The Morgan fingerprint density at radius 3 is 2.65 bits per heavy atom. The van der Waals surface area contributed by atoms with Crippen LogP contribution in [0.15, 0.2) is 18.2 Å². The second kappa shape index (κ2) is 5.52. The molecule has 0 fully saturated rings. The van der Waals surface area contributed by atoms with Gasteiger partial charge in [-0.1, -0.05) is 0 Å². The molecule has 0 spiro atoms. The van der Waals surface area contributed by atoms with Crippen LogP contribution in [0.4, 0.5) is 11.6 Å². The summed E-state index contributed by atoms with van der Waals surface area (Å²) in [4.78, 5) is 23.4. The first-order valence-corrected chi connectivity index (χ1v) is 5.93. The Labute approximate surface area is 116 Å². The number of aryl methyl sites for hydroxylation is 1. The molecule has 7 heteroatoms. The Bertz CT molecular complexity index is 637. The molecular weight excluding hydrogens is 258 g/mol. The molecule has 0 aliphatic carbocycles. The number of rotatable bonds is 3. The lowest BCUT2D eigenvalue weighted by molar-refractivity contribution is -0.114. The molecule has 3 N–H and O–H groups in total. The maximum atomic E-state index is 11.1. The van der Waals surface area contributed by atoms with Crippen LogP contribution in [0, 0.1) is 6.92 Å². The molecule has 2 aromatic rings. The molecular formula is C13H15N5O2. The number of benzene rings is 1. The summed E-state index contributed by atoms with van der Waals surface area (Å²) in [5, 5.41) is 2.70. The Morgan fingerprint density at radius 1 is 1.30 bits per heavy atom. The number of ether oxygens (including phenoxy) is 1. The van der Waals surface area contributed by atoms with E-state index in [9.17, 15) is 4.79 Å². The van der Waals surface area contributed by atoms with Crippen molar-refractivity contribution in [3.8, 4) is 17.1 Å². The monoisotopic (exact) mass is 273 g/mol. The van der Waals surface area contributed by atoms with Crippen LogP contribution in [0.1, 0.15) is 12.7 Å². The maximum Gasteiger partial charge on any atom is 0.223 e. The first kappa shape index (κ1) is 13.7. The zero-order valence-electron chi connectivity index (χ0n) is 11.5. The Balaban J connectivity index is 2.54. The average molecular weight is 273 g/mol. The molecule has 0 saturated heterocycles. The van der Waals surface area contributed by atoms with Crippen molar-refractivity contribution in [3.63, 3.8) is 0 Å². The summed E-state index contributed by atoms with van der Waals surface area (Å²) >= 11 is 0. The van der Waals surface area contributed by atoms with Gasteiger partial charge in [-0.3, -0.25) is 4.79 Å². The summed E-state index contributed by atoms with van der Waals surface area (Å²) in [7, 11) is 1.55. The summed E-state index contributed by atoms with van der Waals surface area (Å²) < 4.78 is 5.29. The van der Waals surface area contributed by atoms with Gasteiger partial charge in [0.25, 0.3) is 0 Å². The van der Waals surface area contributed by atoms with Crippen molar-refractivity contribution in [3.05, 3.63) is 24.0 Å². The number of amides is 1. The van der Waals surface area contributed by atoms with Crippen molar-refractivity contribution in [2.75, 3.05) is 18.2 Å². The van der Waals surface area contributed by atoms with Crippen molar-refractivity contribution < 1.29 is 9.53 Å². The van der Waals surface area contributed by atoms with E-state index < -0.39 is 0 Å². The van der Waals surface area contributed by atoms with Gasteiger partial charge in [-0.25, -0.2) is 4.98 Å². The van der Waals surface area contributed by atoms with Crippen molar-refractivity contribution in [1.82, 2.24) is 15.0 Å². The van der Waals surface area contributed by atoms with E-state index in [0.717, 1.165) is 0 Å². The lowest BCUT2D eigenvalue weighted by atomic mass is 10.1. The summed E-state index contributed by atoms with van der Waals surface area (Å²) in [5.74, 6) is 1.48. The lowest BCUT2D eigenvalue weighted by Crippen LogP contribution is -2.07. The molecule has 104 valence electrons. The minimum atomic E-state index is -0.160. The third-order valence-electron chi connectivity index (χ3n) is 2.53. The minimum absolute atomic E-state index is 0.138. The first-order valence-electron chi connectivity index (χ1n) is 5.93. The molecule has 1 heterocycles. The fourth-order valence-corrected chi connectivity index (χ4v) is 1.79. The number of hydrogen-bond donors (Lipinski definition) is 2. The number of aromatic nitrogens is 3. The minimum Gasteiger partial charge on any atom is -0.496 e. The van der Waals surface area contributed by atoms with Gasteiger partial charge in [-0.2, -0.15) is 9.97 Å². The highest BCUT2D eigenvalue weighted by atomic mass is 16.5. The van der Waals surface area contributed by atoms with Crippen LogP contribution in [0.2, 0.25) is 0 Å². The van der Waals surface area contributed by atoms with Crippen LogP contribution in [-0.4, -0.2) is 28.0 Å². The number of nitrogens with one attached hydrogen (secondary N) is 1. The van der Waals surface area contributed by atoms with E-state index in [1.54, 1.807) is 32.2 Å². The molecule has 0 aliphatic rings. The topological polar surface area (TPSA) is 103 Å². The van der Waals surface area contributed by atoms with E-state index >= 15 is 0 Å². The van der Waals surface area contributed by atoms with E-state index in [1.165, 1.54) is 6.92 Å². The smallest absolute Gasteiger partial charge is 0.223 e. The highest BCUT2D eigenvalue weighted by molar-refractivity contribution is 5.89. The maximum absolute atomic E-state index is 11.1. The van der Waals surface area contributed by atoms with Crippen molar-refractivity contribution >= 4 is 17.5 Å². The van der Waals surface area contributed by atoms with E-state index in [2.05, 4.69) is 20.3 Å². The fraction of sp³-hybridized carbons (Fsp3) is 0.231. The third-order valence-corrected chi connectivity index (χ3v) is 2.53.